The summed E-state index contributed by atoms with van der Waals surface area (Å²) in [5, 5.41) is 3.15. The highest BCUT2D eigenvalue weighted by Gasteiger charge is 2.24. The summed E-state index contributed by atoms with van der Waals surface area (Å²) < 4.78 is 10.8. The summed E-state index contributed by atoms with van der Waals surface area (Å²) >= 11 is 1.57. The first-order chi connectivity index (χ1) is 13.1. The number of rotatable bonds is 7. The molecule has 6 heteroatoms. The van der Waals surface area contributed by atoms with Crippen LogP contribution in [0.5, 0.6) is 5.75 Å². The zero-order valence-corrected chi connectivity index (χ0v) is 17.1. The van der Waals surface area contributed by atoms with E-state index in [9.17, 15) is 4.79 Å². The molecule has 0 spiro atoms. The van der Waals surface area contributed by atoms with E-state index in [0.29, 0.717) is 6.54 Å². The minimum absolute atomic E-state index is 0.00886. The minimum Gasteiger partial charge on any atom is -0.497 e. The first-order valence-electron chi connectivity index (χ1n) is 9.45. The van der Waals surface area contributed by atoms with Gasteiger partial charge in [0.15, 0.2) is 0 Å². The zero-order chi connectivity index (χ0) is 19.2. The molecule has 2 aromatic rings. The zero-order valence-electron chi connectivity index (χ0n) is 16.3. The van der Waals surface area contributed by atoms with E-state index in [1.165, 1.54) is 16.0 Å². The molecule has 27 heavy (non-hydrogen) atoms. The van der Waals surface area contributed by atoms with Crippen molar-refractivity contribution < 1.29 is 14.3 Å². The highest BCUT2D eigenvalue weighted by Crippen LogP contribution is 2.25. The summed E-state index contributed by atoms with van der Waals surface area (Å²) in [4.78, 5) is 17.1. The number of nitrogens with one attached hydrogen (secondary N) is 1. The quantitative estimate of drug-likeness (QED) is 0.790. The summed E-state index contributed by atoms with van der Waals surface area (Å²) in [6, 6.07) is 10.2. The Morgan fingerprint density at radius 2 is 2.00 bits per heavy atom. The smallest absolute Gasteiger partial charge is 0.261 e. The number of carbonyl (C=O) groups is 1. The number of benzene rings is 1. The molecule has 1 N–H and O–H groups in total. The van der Waals surface area contributed by atoms with E-state index in [1.807, 2.05) is 18.2 Å². The van der Waals surface area contributed by atoms with Crippen molar-refractivity contribution in [3.63, 3.8) is 0 Å². The predicted molar refractivity (Wildman–Crippen MR) is 109 cm³/mol. The number of methoxy groups -OCH3 is 1. The fraction of sp³-hybridized carbons (Fsp3) is 0.476. The van der Waals surface area contributed by atoms with Gasteiger partial charge in [-0.25, -0.2) is 0 Å². The highest BCUT2D eigenvalue weighted by atomic mass is 32.1. The molecule has 1 aliphatic heterocycles. The number of hydrogen-bond donors (Lipinski definition) is 1. The van der Waals surface area contributed by atoms with Gasteiger partial charge in [-0.3, -0.25) is 9.69 Å². The van der Waals surface area contributed by atoms with E-state index in [0.717, 1.165) is 43.4 Å². The van der Waals surface area contributed by atoms with Gasteiger partial charge in [-0.15, -0.1) is 11.3 Å². The number of amides is 1. The predicted octanol–water partition coefficient (Wildman–Crippen LogP) is 3.43. The highest BCUT2D eigenvalue weighted by molar-refractivity contribution is 7.14. The second kappa shape index (κ2) is 9.35. The molecule has 1 amide bonds. The Kier molecular flexibility index (Phi) is 6.88. The van der Waals surface area contributed by atoms with Crippen LogP contribution < -0.4 is 10.1 Å². The Morgan fingerprint density at radius 3 is 2.59 bits per heavy atom. The van der Waals surface area contributed by atoms with Gasteiger partial charge in [-0.05, 0) is 42.7 Å². The lowest BCUT2D eigenvalue weighted by atomic mass is 10.0. The maximum atomic E-state index is 12.7. The molecule has 5 nitrogen and oxygen atoms in total. The van der Waals surface area contributed by atoms with E-state index >= 15 is 0 Å². The van der Waals surface area contributed by atoms with Crippen molar-refractivity contribution in [1.82, 2.24) is 10.2 Å². The van der Waals surface area contributed by atoms with Crippen LogP contribution in [0.25, 0.3) is 0 Å². The lowest BCUT2D eigenvalue weighted by Crippen LogP contribution is -2.43. The van der Waals surface area contributed by atoms with E-state index < -0.39 is 0 Å². The monoisotopic (exact) mass is 388 g/mol. The van der Waals surface area contributed by atoms with Crippen LogP contribution in [0, 0.1) is 6.92 Å². The third kappa shape index (κ3) is 4.89. The van der Waals surface area contributed by atoms with E-state index in [4.69, 9.17) is 9.47 Å². The number of thiophene rings is 1. The van der Waals surface area contributed by atoms with E-state index in [-0.39, 0.29) is 11.9 Å². The molecule has 2 heterocycles. The molecule has 146 valence electrons. The van der Waals surface area contributed by atoms with Crippen LogP contribution in [0.15, 0.2) is 30.3 Å². The van der Waals surface area contributed by atoms with Crippen LogP contribution in [-0.2, 0) is 11.2 Å². The van der Waals surface area contributed by atoms with Crippen molar-refractivity contribution >= 4 is 17.2 Å². The van der Waals surface area contributed by atoms with Crippen LogP contribution in [0.1, 0.15) is 38.6 Å². The van der Waals surface area contributed by atoms with E-state index in [1.54, 1.807) is 18.4 Å². The van der Waals surface area contributed by atoms with Crippen LogP contribution in [-0.4, -0.2) is 50.8 Å². The molecule has 1 aromatic carbocycles. The number of nitrogens with zero attached hydrogens (tertiary/aromatic N) is 1. The fourth-order valence-corrected chi connectivity index (χ4v) is 4.46. The van der Waals surface area contributed by atoms with Crippen molar-refractivity contribution in [2.75, 3.05) is 40.0 Å². The summed E-state index contributed by atoms with van der Waals surface area (Å²) in [7, 11) is 1.67. The Balaban J connectivity index is 1.72. The molecule has 1 aromatic heterocycles. The molecule has 1 aliphatic rings. The van der Waals surface area contributed by atoms with Gasteiger partial charge < -0.3 is 14.8 Å². The van der Waals surface area contributed by atoms with Crippen molar-refractivity contribution in [3.05, 3.63) is 51.2 Å². The third-order valence-corrected chi connectivity index (χ3v) is 6.16. The van der Waals surface area contributed by atoms with Gasteiger partial charge in [0, 0.05) is 24.5 Å². The number of aryl methyl sites for hydroxylation is 2. The molecule has 0 aliphatic carbocycles. The number of ether oxygens (including phenoxy) is 2. The second-order valence-electron chi connectivity index (χ2n) is 6.69. The van der Waals surface area contributed by atoms with Crippen LogP contribution in [0.3, 0.4) is 0 Å². The third-order valence-electron chi connectivity index (χ3n) is 5.07. The minimum atomic E-state index is 0.00886. The molecule has 0 unspecified atom stereocenters. The standard InChI is InChI=1S/C21H28N2O3S/c1-4-16-13-20(27-15(16)2)21(24)22-14-19(23-9-11-26-12-10-23)17-5-7-18(25-3)8-6-17/h5-8,13,19H,4,9-12,14H2,1-3H3,(H,22,24)/t19-/m1/s1. The Hall–Kier alpha value is -1.89. The van der Waals surface area contributed by atoms with Crippen molar-refractivity contribution in [3.8, 4) is 5.75 Å². The fourth-order valence-electron chi connectivity index (χ4n) is 3.43. The summed E-state index contributed by atoms with van der Waals surface area (Å²) in [6.07, 6.45) is 0.956. The van der Waals surface area contributed by atoms with Gasteiger partial charge in [0.1, 0.15) is 5.75 Å². The second-order valence-corrected chi connectivity index (χ2v) is 7.95. The van der Waals surface area contributed by atoms with Crippen molar-refractivity contribution in [2.24, 2.45) is 0 Å². The lowest BCUT2D eigenvalue weighted by Gasteiger charge is -2.35. The molecule has 0 bridgehead atoms. The molecule has 1 saturated heterocycles. The Bertz CT molecular complexity index is 751. The van der Waals surface area contributed by atoms with Crippen LogP contribution in [0.4, 0.5) is 0 Å². The first kappa shape index (κ1) is 19.9. The molecular formula is C21H28N2O3S. The average Bonchev–Trinajstić information content (AvgIpc) is 3.10. The SMILES string of the molecule is CCc1cc(C(=O)NC[C@H](c2ccc(OC)cc2)N2CCOCC2)sc1C. The number of carbonyl (C=O) groups excluding carboxylic acids is 1. The van der Waals surface area contributed by atoms with Crippen molar-refractivity contribution in [1.29, 1.82) is 0 Å². The van der Waals surface area contributed by atoms with Gasteiger partial charge in [0.25, 0.3) is 5.91 Å². The average molecular weight is 389 g/mol. The maximum Gasteiger partial charge on any atom is 0.261 e. The van der Waals surface area contributed by atoms with Gasteiger partial charge >= 0.3 is 0 Å². The Morgan fingerprint density at radius 1 is 1.30 bits per heavy atom. The maximum absolute atomic E-state index is 12.7. The van der Waals surface area contributed by atoms with Gasteiger partial charge in [-0.2, -0.15) is 0 Å². The molecule has 1 atom stereocenters. The van der Waals surface area contributed by atoms with E-state index in [2.05, 4.69) is 36.2 Å². The van der Waals surface area contributed by atoms with Gasteiger partial charge in [0.2, 0.25) is 0 Å². The summed E-state index contributed by atoms with van der Waals surface area (Å²) in [5.41, 5.74) is 2.43. The number of hydrogen-bond acceptors (Lipinski definition) is 5. The van der Waals surface area contributed by atoms with Gasteiger partial charge in [0.05, 0.1) is 31.2 Å². The number of morpholine rings is 1. The molecular weight excluding hydrogens is 360 g/mol. The summed E-state index contributed by atoms with van der Waals surface area (Å²) in [6.45, 7) is 7.96. The summed E-state index contributed by atoms with van der Waals surface area (Å²) in [5.74, 6) is 0.847. The first-order valence-corrected chi connectivity index (χ1v) is 10.3. The molecule has 0 saturated carbocycles. The lowest BCUT2D eigenvalue weighted by molar-refractivity contribution is 0.0162. The Labute approximate surface area is 165 Å². The van der Waals surface area contributed by atoms with Crippen LogP contribution in [0.2, 0.25) is 0 Å². The van der Waals surface area contributed by atoms with Gasteiger partial charge in [-0.1, -0.05) is 19.1 Å². The van der Waals surface area contributed by atoms with Crippen LogP contribution >= 0.6 is 11.3 Å². The molecule has 0 radical (unpaired) electrons. The largest absolute Gasteiger partial charge is 0.497 e. The normalized spacial score (nSPS) is 16.1. The molecule has 1 fully saturated rings. The molecule has 3 rings (SSSR count). The van der Waals surface area contributed by atoms with Crippen molar-refractivity contribution in [2.45, 2.75) is 26.3 Å². The topological polar surface area (TPSA) is 50.8 Å².